The Hall–Kier alpha value is -2.82. The third-order valence-corrected chi connectivity index (χ3v) is 6.54. The standard InChI is InChI=1S/C26H34N4O/c1-18-26(31-2)13-12-25(30-18)20-8-6-19(7-9-20)16-28-24-5-3-4-21(14-24)22(15-27)17-29-23-10-11-23/h3-5,12-15,17,19-20,23,27-29H,6-11,16H2,1-2H3/b22-17+,27-15?. The molecule has 1 heterocycles. The predicted molar refractivity (Wildman–Crippen MR) is 128 cm³/mol. The van der Waals surface area contributed by atoms with Crippen LogP contribution in [0.3, 0.4) is 0 Å². The van der Waals surface area contributed by atoms with Crippen LogP contribution in [0.1, 0.15) is 61.4 Å². The van der Waals surface area contributed by atoms with Crippen molar-refractivity contribution in [2.24, 2.45) is 5.92 Å². The zero-order valence-corrected chi connectivity index (χ0v) is 18.7. The lowest BCUT2D eigenvalue weighted by Crippen LogP contribution is -2.21. The van der Waals surface area contributed by atoms with Gasteiger partial charge in [0.05, 0.1) is 12.8 Å². The van der Waals surface area contributed by atoms with Crippen LogP contribution in [0.15, 0.2) is 42.6 Å². The third kappa shape index (κ3) is 5.66. The van der Waals surface area contributed by atoms with Crippen molar-refractivity contribution in [3.63, 3.8) is 0 Å². The summed E-state index contributed by atoms with van der Waals surface area (Å²) in [7, 11) is 1.70. The Labute approximate surface area is 185 Å². The number of ether oxygens (including phenoxy) is 1. The van der Waals surface area contributed by atoms with Crippen LogP contribution in [0.4, 0.5) is 5.69 Å². The van der Waals surface area contributed by atoms with Crippen LogP contribution < -0.4 is 15.4 Å². The van der Waals surface area contributed by atoms with Gasteiger partial charge in [0.1, 0.15) is 5.75 Å². The number of hydrogen-bond donors (Lipinski definition) is 3. The summed E-state index contributed by atoms with van der Waals surface area (Å²) in [5.74, 6) is 2.12. The SMILES string of the molecule is COc1ccc(C2CCC(CNc3cccc(/C(C=N)=C/NC4CC4)c3)CC2)nc1C. The summed E-state index contributed by atoms with van der Waals surface area (Å²) in [4.78, 5) is 4.78. The second-order valence-electron chi connectivity index (χ2n) is 8.89. The molecule has 0 spiro atoms. The van der Waals surface area contributed by atoms with Crippen LogP contribution in [0.5, 0.6) is 5.75 Å². The second kappa shape index (κ2) is 9.99. The van der Waals surface area contributed by atoms with Gasteiger partial charge in [-0.2, -0.15) is 0 Å². The smallest absolute Gasteiger partial charge is 0.140 e. The van der Waals surface area contributed by atoms with Crippen molar-refractivity contribution in [1.29, 1.82) is 5.41 Å². The fourth-order valence-corrected chi connectivity index (χ4v) is 4.41. The monoisotopic (exact) mass is 418 g/mol. The number of benzene rings is 1. The Bertz CT molecular complexity index is 927. The normalized spacial score (nSPS) is 21.4. The Kier molecular flexibility index (Phi) is 6.90. The highest BCUT2D eigenvalue weighted by atomic mass is 16.5. The third-order valence-electron chi connectivity index (χ3n) is 6.54. The average molecular weight is 419 g/mol. The second-order valence-corrected chi connectivity index (χ2v) is 8.89. The molecule has 1 aromatic carbocycles. The van der Waals surface area contributed by atoms with Crippen molar-refractivity contribution in [2.75, 3.05) is 19.0 Å². The molecule has 2 aliphatic carbocycles. The lowest BCUT2D eigenvalue weighted by molar-refractivity contribution is 0.334. The number of pyridine rings is 1. The molecule has 0 aliphatic heterocycles. The fraction of sp³-hybridized carbons (Fsp3) is 0.462. The first-order chi connectivity index (χ1) is 15.2. The van der Waals surface area contributed by atoms with Crippen LogP contribution in [-0.2, 0) is 0 Å². The van der Waals surface area contributed by atoms with Gasteiger partial charge in [-0.1, -0.05) is 12.1 Å². The zero-order valence-electron chi connectivity index (χ0n) is 18.7. The van der Waals surface area contributed by atoms with Gasteiger partial charge in [-0.3, -0.25) is 4.98 Å². The molecule has 5 nitrogen and oxygen atoms in total. The van der Waals surface area contributed by atoms with Gasteiger partial charge in [0, 0.05) is 47.9 Å². The van der Waals surface area contributed by atoms with Crippen molar-refractivity contribution in [1.82, 2.24) is 10.3 Å². The minimum atomic E-state index is 0.559. The maximum atomic E-state index is 7.75. The van der Waals surface area contributed by atoms with Crippen molar-refractivity contribution in [3.05, 3.63) is 59.5 Å². The quantitative estimate of drug-likeness (QED) is 0.469. The summed E-state index contributed by atoms with van der Waals surface area (Å²) >= 11 is 0. The van der Waals surface area contributed by atoms with Gasteiger partial charge in [0.2, 0.25) is 0 Å². The topological polar surface area (TPSA) is 70.0 Å². The van der Waals surface area contributed by atoms with E-state index < -0.39 is 0 Å². The number of rotatable bonds is 9. The molecular formula is C26H34N4O. The van der Waals surface area contributed by atoms with Crippen LogP contribution in [0.2, 0.25) is 0 Å². The zero-order chi connectivity index (χ0) is 21.6. The molecule has 2 aliphatic rings. The summed E-state index contributed by atoms with van der Waals surface area (Å²) in [6, 6.07) is 13.2. The largest absolute Gasteiger partial charge is 0.495 e. The van der Waals surface area contributed by atoms with E-state index in [1.165, 1.54) is 50.4 Å². The van der Waals surface area contributed by atoms with Gasteiger partial charge in [-0.05, 0) is 81.2 Å². The summed E-state index contributed by atoms with van der Waals surface area (Å²) in [5.41, 5.74) is 5.33. The predicted octanol–water partition coefficient (Wildman–Crippen LogP) is 5.53. The van der Waals surface area contributed by atoms with E-state index in [2.05, 4.69) is 47.0 Å². The van der Waals surface area contributed by atoms with Crippen LogP contribution in [-0.4, -0.2) is 30.9 Å². The van der Waals surface area contributed by atoms with E-state index in [4.69, 9.17) is 15.1 Å². The number of anilines is 1. The van der Waals surface area contributed by atoms with E-state index in [1.54, 1.807) is 7.11 Å². The molecule has 0 bridgehead atoms. The Balaban J connectivity index is 1.29. The van der Waals surface area contributed by atoms with Gasteiger partial charge in [0.15, 0.2) is 0 Å². The molecule has 0 saturated heterocycles. The molecule has 3 N–H and O–H groups in total. The highest BCUT2D eigenvalue weighted by Gasteiger charge is 2.23. The molecule has 2 saturated carbocycles. The first-order valence-corrected chi connectivity index (χ1v) is 11.5. The van der Waals surface area contributed by atoms with E-state index in [0.29, 0.717) is 17.9 Å². The van der Waals surface area contributed by atoms with Gasteiger partial charge >= 0.3 is 0 Å². The van der Waals surface area contributed by atoms with Gasteiger partial charge in [-0.15, -0.1) is 0 Å². The maximum absolute atomic E-state index is 7.75. The molecule has 164 valence electrons. The van der Waals surface area contributed by atoms with E-state index in [9.17, 15) is 0 Å². The average Bonchev–Trinajstić information content (AvgIpc) is 3.63. The van der Waals surface area contributed by atoms with E-state index >= 15 is 0 Å². The molecule has 0 radical (unpaired) electrons. The number of methoxy groups -OCH3 is 1. The Morgan fingerprint density at radius 3 is 2.61 bits per heavy atom. The highest BCUT2D eigenvalue weighted by molar-refractivity contribution is 6.08. The van der Waals surface area contributed by atoms with E-state index in [-0.39, 0.29) is 0 Å². The number of aryl methyl sites for hydroxylation is 1. The lowest BCUT2D eigenvalue weighted by atomic mass is 9.80. The number of nitrogens with one attached hydrogen (secondary N) is 3. The molecule has 31 heavy (non-hydrogen) atoms. The molecular weight excluding hydrogens is 384 g/mol. The van der Waals surface area contributed by atoms with Gasteiger partial charge in [-0.25, -0.2) is 0 Å². The molecule has 2 aromatic rings. The number of hydrogen-bond acceptors (Lipinski definition) is 5. The first-order valence-electron chi connectivity index (χ1n) is 11.5. The molecule has 2 fully saturated rings. The maximum Gasteiger partial charge on any atom is 0.140 e. The summed E-state index contributed by atoms with van der Waals surface area (Å²) < 4.78 is 5.35. The van der Waals surface area contributed by atoms with E-state index in [0.717, 1.165) is 34.8 Å². The van der Waals surface area contributed by atoms with Gasteiger partial charge < -0.3 is 20.8 Å². The molecule has 5 heteroatoms. The highest BCUT2D eigenvalue weighted by Crippen LogP contribution is 2.36. The Morgan fingerprint density at radius 1 is 1.13 bits per heavy atom. The summed E-state index contributed by atoms with van der Waals surface area (Å²) in [6.45, 7) is 3.02. The summed E-state index contributed by atoms with van der Waals surface area (Å²) in [5, 5.41) is 14.8. The number of allylic oxidation sites excluding steroid dienone is 1. The lowest BCUT2D eigenvalue weighted by Gasteiger charge is -2.29. The molecule has 0 unspecified atom stereocenters. The van der Waals surface area contributed by atoms with Crippen molar-refractivity contribution in [2.45, 2.75) is 57.4 Å². The minimum absolute atomic E-state index is 0.559. The van der Waals surface area contributed by atoms with Crippen LogP contribution in [0.25, 0.3) is 5.57 Å². The number of aromatic nitrogens is 1. The minimum Gasteiger partial charge on any atom is -0.495 e. The van der Waals surface area contributed by atoms with E-state index in [1.807, 2.05) is 13.1 Å². The number of nitrogens with zero attached hydrogens (tertiary/aromatic N) is 1. The molecule has 1 aromatic heterocycles. The molecule has 4 rings (SSSR count). The van der Waals surface area contributed by atoms with Crippen LogP contribution in [0, 0.1) is 18.3 Å². The van der Waals surface area contributed by atoms with Crippen molar-refractivity contribution in [3.8, 4) is 5.75 Å². The molecule has 0 amide bonds. The first kappa shape index (κ1) is 21.4. The van der Waals surface area contributed by atoms with Crippen molar-refractivity contribution < 1.29 is 4.74 Å². The summed E-state index contributed by atoms with van der Waals surface area (Å²) in [6.07, 6.45) is 10.7. The molecule has 0 atom stereocenters. The van der Waals surface area contributed by atoms with Gasteiger partial charge in [0.25, 0.3) is 0 Å². The Morgan fingerprint density at radius 2 is 1.94 bits per heavy atom. The fourth-order valence-electron chi connectivity index (χ4n) is 4.41. The van der Waals surface area contributed by atoms with Crippen molar-refractivity contribution >= 4 is 17.5 Å². The van der Waals surface area contributed by atoms with Crippen LogP contribution >= 0.6 is 0 Å².